The maximum atomic E-state index is 12.9. The quantitative estimate of drug-likeness (QED) is 0.161. The van der Waals surface area contributed by atoms with Crippen LogP contribution in [0.5, 0.6) is 0 Å². The van der Waals surface area contributed by atoms with Gasteiger partial charge in [0.15, 0.2) is 21.0 Å². The highest BCUT2D eigenvalue weighted by Crippen LogP contribution is 2.41. The van der Waals surface area contributed by atoms with Gasteiger partial charge in [-0.15, -0.1) is 23.1 Å². The Hall–Kier alpha value is -2.34. The average Bonchev–Trinajstić information content (AvgIpc) is 3.47. The first-order chi connectivity index (χ1) is 16.8. The van der Waals surface area contributed by atoms with Gasteiger partial charge in [0.05, 0.1) is 5.75 Å². The van der Waals surface area contributed by atoms with Crippen LogP contribution in [0.3, 0.4) is 0 Å². The molecule has 35 heavy (non-hydrogen) atoms. The van der Waals surface area contributed by atoms with Crippen LogP contribution < -0.4 is 11.1 Å². The number of anilines is 1. The van der Waals surface area contributed by atoms with Crippen molar-refractivity contribution in [2.75, 3.05) is 30.6 Å². The van der Waals surface area contributed by atoms with Crippen LogP contribution in [0.1, 0.15) is 11.5 Å². The minimum Gasteiger partial charge on any atom is -0.477 e. The fraction of sp³-hybridized carbons (Fsp3) is 0.389. The SMILES string of the molecule is CON=C(C(=O)NC1C(=O)N2C(C(=O)O)=C(CSc3nc(CSC)ns3)CS[C@H]12)c1csc(N)n1. The van der Waals surface area contributed by atoms with E-state index in [4.69, 9.17) is 10.6 Å². The van der Waals surface area contributed by atoms with Gasteiger partial charge in [0.25, 0.3) is 11.8 Å². The van der Waals surface area contributed by atoms with Crippen LogP contribution >= 0.6 is 58.2 Å². The molecule has 2 atom stereocenters. The molecule has 2 aromatic heterocycles. The topological polar surface area (TPSA) is 173 Å². The summed E-state index contributed by atoms with van der Waals surface area (Å²) in [7, 11) is 1.28. The monoisotopic (exact) mass is 573 g/mol. The summed E-state index contributed by atoms with van der Waals surface area (Å²) in [5.74, 6) is -0.162. The number of hydrogen-bond donors (Lipinski definition) is 3. The van der Waals surface area contributed by atoms with Crippen molar-refractivity contribution in [3.8, 4) is 0 Å². The Balaban J connectivity index is 1.46. The second kappa shape index (κ2) is 11.2. The highest BCUT2D eigenvalue weighted by atomic mass is 32.2. The number of carboxylic acid groups (broad SMARTS) is 1. The van der Waals surface area contributed by atoms with Crippen molar-refractivity contribution in [3.05, 3.63) is 28.2 Å². The smallest absolute Gasteiger partial charge is 0.352 e. The molecule has 2 aliphatic rings. The zero-order valence-electron chi connectivity index (χ0n) is 18.3. The number of nitrogens with one attached hydrogen (secondary N) is 1. The Morgan fingerprint density at radius 2 is 2.20 bits per heavy atom. The van der Waals surface area contributed by atoms with E-state index in [-0.39, 0.29) is 22.2 Å². The minimum atomic E-state index is -1.19. The van der Waals surface area contributed by atoms with Crippen molar-refractivity contribution in [2.24, 2.45) is 5.16 Å². The molecule has 0 saturated carbocycles. The number of carboxylic acids is 1. The van der Waals surface area contributed by atoms with Crippen molar-refractivity contribution in [1.29, 1.82) is 0 Å². The summed E-state index contributed by atoms with van der Waals surface area (Å²) in [6, 6.07) is -0.911. The van der Waals surface area contributed by atoms with Gasteiger partial charge in [-0.2, -0.15) is 16.1 Å². The lowest BCUT2D eigenvalue weighted by atomic mass is 10.0. The van der Waals surface area contributed by atoms with E-state index in [1.54, 1.807) is 17.1 Å². The number of fused-ring (bicyclic) bond motifs is 1. The Bertz CT molecular complexity index is 1210. The van der Waals surface area contributed by atoms with Crippen LogP contribution in [-0.4, -0.2) is 84.1 Å². The minimum absolute atomic E-state index is 0.0522. The van der Waals surface area contributed by atoms with Crippen molar-refractivity contribution >= 4 is 86.8 Å². The van der Waals surface area contributed by atoms with Crippen LogP contribution in [0.15, 0.2) is 26.1 Å². The molecule has 0 aliphatic carbocycles. The zero-order valence-corrected chi connectivity index (χ0v) is 22.4. The first kappa shape index (κ1) is 25.7. The summed E-state index contributed by atoms with van der Waals surface area (Å²) in [5.41, 5.74) is 6.29. The van der Waals surface area contributed by atoms with Crippen molar-refractivity contribution in [1.82, 2.24) is 24.6 Å². The van der Waals surface area contributed by atoms with Gasteiger partial charge in [-0.3, -0.25) is 14.5 Å². The normalized spacial score (nSPS) is 19.9. The molecule has 1 fully saturated rings. The molecule has 12 nitrogen and oxygen atoms in total. The molecule has 4 rings (SSSR count). The molecule has 17 heteroatoms. The maximum Gasteiger partial charge on any atom is 0.352 e. The van der Waals surface area contributed by atoms with Crippen molar-refractivity contribution < 1.29 is 24.3 Å². The summed E-state index contributed by atoms with van der Waals surface area (Å²) < 4.78 is 5.02. The van der Waals surface area contributed by atoms with E-state index >= 15 is 0 Å². The molecule has 2 aliphatic heterocycles. The predicted molar refractivity (Wildman–Crippen MR) is 138 cm³/mol. The lowest BCUT2D eigenvalue weighted by Gasteiger charge is -2.49. The number of carbonyl (C=O) groups is 3. The molecule has 0 spiro atoms. The number of hydrogen-bond acceptors (Lipinski definition) is 14. The number of carbonyl (C=O) groups excluding carboxylic acids is 2. The third kappa shape index (κ3) is 5.42. The first-order valence-electron chi connectivity index (χ1n) is 9.81. The van der Waals surface area contributed by atoms with E-state index in [1.165, 1.54) is 47.1 Å². The van der Waals surface area contributed by atoms with Gasteiger partial charge in [0.1, 0.15) is 29.9 Å². The van der Waals surface area contributed by atoms with Gasteiger partial charge in [0.2, 0.25) is 0 Å². The molecule has 4 N–H and O–H groups in total. The number of amides is 2. The van der Waals surface area contributed by atoms with Gasteiger partial charge >= 0.3 is 5.97 Å². The Labute approximate surface area is 220 Å². The summed E-state index contributed by atoms with van der Waals surface area (Å²) in [6.45, 7) is 0. The number of rotatable bonds is 10. The maximum absolute atomic E-state index is 12.9. The van der Waals surface area contributed by atoms with Crippen LogP contribution in [0.25, 0.3) is 0 Å². The number of aliphatic carboxylic acids is 1. The van der Waals surface area contributed by atoms with Crippen LogP contribution in [-0.2, 0) is 25.0 Å². The van der Waals surface area contributed by atoms with E-state index in [1.807, 2.05) is 6.26 Å². The third-order valence-corrected chi connectivity index (χ3v) is 9.31. The zero-order chi connectivity index (χ0) is 25.1. The average molecular weight is 574 g/mol. The van der Waals surface area contributed by atoms with E-state index in [0.29, 0.717) is 22.8 Å². The summed E-state index contributed by atoms with van der Waals surface area (Å²) in [6.07, 6.45) is 1.97. The second-order valence-corrected chi connectivity index (χ2v) is 11.8. The van der Waals surface area contributed by atoms with Crippen LogP contribution in [0.2, 0.25) is 0 Å². The fourth-order valence-corrected chi connectivity index (χ4v) is 7.46. The first-order valence-corrected chi connectivity index (χ1v) is 14.9. The molecule has 2 aromatic rings. The second-order valence-electron chi connectivity index (χ2n) is 7.01. The molecule has 186 valence electrons. The number of β-lactam (4-membered cyclic amide) rings is 1. The van der Waals surface area contributed by atoms with Gasteiger partial charge in [0, 0.05) is 16.9 Å². The summed E-state index contributed by atoms with van der Waals surface area (Å²) in [5, 5.41) is 17.4. The summed E-state index contributed by atoms with van der Waals surface area (Å²) >= 11 is 6.80. The number of nitrogen functional groups attached to an aromatic ring is 1. The lowest BCUT2D eigenvalue weighted by Crippen LogP contribution is -2.71. The van der Waals surface area contributed by atoms with Crippen molar-refractivity contribution in [3.63, 3.8) is 0 Å². The number of oxime groups is 1. The van der Waals surface area contributed by atoms with Crippen LogP contribution in [0, 0.1) is 0 Å². The standard InChI is InChI=1S/C18H19N7O5S5/c1-30-23-10(8-5-33-17(19)20-8)13(26)22-11-14(27)25-12(16(28)29)7(3-32-15(11)25)4-34-18-21-9(6-31-2)24-35-18/h5,11,15H,3-4,6H2,1-2H3,(H2,19,20)(H,22,26)(H,28,29)/t11?,15-/m1/s1. The fourth-order valence-electron chi connectivity index (χ4n) is 3.33. The summed E-state index contributed by atoms with van der Waals surface area (Å²) in [4.78, 5) is 52.3. The molecule has 2 amide bonds. The number of thioether (sulfide) groups is 3. The molecule has 4 heterocycles. The molecular weight excluding hydrogens is 555 g/mol. The number of thiazole rings is 1. The van der Waals surface area contributed by atoms with Gasteiger partial charge < -0.3 is 21.0 Å². The number of nitrogens with two attached hydrogens (primary N) is 1. The van der Waals surface area contributed by atoms with Gasteiger partial charge in [-0.25, -0.2) is 14.8 Å². The van der Waals surface area contributed by atoms with Crippen molar-refractivity contribution in [2.45, 2.75) is 21.5 Å². The molecule has 0 aromatic carbocycles. The highest BCUT2D eigenvalue weighted by molar-refractivity contribution is 8.01. The Kier molecular flexibility index (Phi) is 8.20. The largest absolute Gasteiger partial charge is 0.477 e. The number of aromatic nitrogens is 3. The highest BCUT2D eigenvalue weighted by Gasteiger charge is 2.54. The van der Waals surface area contributed by atoms with E-state index < -0.39 is 29.2 Å². The molecule has 0 radical (unpaired) electrons. The van der Waals surface area contributed by atoms with Gasteiger partial charge in [-0.05, 0) is 23.4 Å². The molecular formula is C18H19N7O5S5. The number of nitrogens with zero attached hydrogens (tertiary/aromatic N) is 5. The Morgan fingerprint density at radius 1 is 1.40 bits per heavy atom. The van der Waals surface area contributed by atoms with E-state index in [0.717, 1.165) is 21.5 Å². The van der Waals surface area contributed by atoms with E-state index in [9.17, 15) is 19.5 Å². The molecule has 1 unspecified atom stereocenters. The molecule has 1 saturated heterocycles. The Morgan fingerprint density at radius 3 is 2.86 bits per heavy atom. The van der Waals surface area contributed by atoms with Crippen LogP contribution in [0.4, 0.5) is 5.13 Å². The van der Waals surface area contributed by atoms with E-state index in [2.05, 4.69) is 24.8 Å². The molecule has 0 bridgehead atoms. The lowest BCUT2D eigenvalue weighted by molar-refractivity contribution is -0.150. The van der Waals surface area contributed by atoms with Gasteiger partial charge in [-0.1, -0.05) is 16.9 Å². The third-order valence-electron chi connectivity index (χ3n) is 4.79. The predicted octanol–water partition coefficient (Wildman–Crippen LogP) is 1.32.